The number of benzene rings is 1. The minimum atomic E-state index is -0.341. The van der Waals surface area contributed by atoms with E-state index in [2.05, 4.69) is 9.77 Å². The molecule has 0 saturated heterocycles. The summed E-state index contributed by atoms with van der Waals surface area (Å²) in [6.07, 6.45) is 0.873. The number of hydrogen-bond donors (Lipinski definition) is 1. The number of nitrogens with zero attached hydrogens (tertiary/aromatic N) is 2. The number of aromatic amines is 1. The van der Waals surface area contributed by atoms with Crippen molar-refractivity contribution >= 4 is 22.9 Å². The van der Waals surface area contributed by atoms with Gasteiger partial charge in [0.1, 0.15) is 0 Å². The average Bonchev–Trinajstić information content (AvgIpc) is 2.60. The van der Waals surface area contributed by atoms with Gasteiger partial charge in [0.2, 0.25) is 0 Å². The van der Waals surface area contributed by atoms with E-state index in [0.717, 1.165) is 22.7 Å². The van der Waals surface area contributed by atoms with E-state index < -0.39 is 0 Å². The number of carbonyl (C=O) groups is 1. The van der Waals surface area contributed by atoms with Gasteiger partial charge < -0.3 is 10.5 Å². The second kappa shape index (κ2) is 3.52. The Morgan fingerprint density at radius 2 is 2.27 bits per heavy atom. The van der Waals surface area contributed by atoms with Crippen molar-refractivity contribution in [1.82, 2.24) is 4.98 Å². The largest absolute Gasteiger partial charge is 0.361 e. The second-order valence-corrected chi connectivity index (χ2v) is 3.38. The Kier molecular flexibility index (Phi) is 2.20. The number of carbonyl (C=O) groups excluding carboxylic acids is 1. The Hall–Kier alpha value is -2.19. The van der Waals surface area contributed by atoms with Gasteiger partial charge in [0.25, 0.3) is 5.78 Å². The van der Waals surface area contributed by atoms with Crippen molar-refractivity contribution in [2.75, 3.05) is 0 Å². The number of ketones is 1. The summed E-state index contributed by atoms with van der Waals surface area (Å²) >= 11 is 0. The molecule has 0 spiro atoms. The lowest BCUT2D eigenvalue weighted by Gasteiger charge is -1.90. The topological polar surface area (TPSA) is 69.3 Å². The molecule has 0 amide bonds. The lowest BCUT2D eigenvalue weighted by Crippen LogP contribution is -2.00. The molecule has 2 aromatic rings. The van der Waals surface area contributed by atoms with Crippen LogP contribution in [0.3, 0.4) is 0 Å². The molecule has 0 radical (unpaired) electrons. The summed E-state index contributed by atoms with van der Waals surface area (Å²) in [7, 11) is 0. The summed E-state index contributed by atoms with van der Waals surface area (Å²) in [5.41, 5.74) is 10.7. The normalized spacial score (nSPS) is 9.93. The Morgan fingerprint density at radius 1 is 1.47 bits per heavy atom. The average molecular weight is 199 g/mol. The summed E-state index contributed by atoms with van der Waals surface area (Å²) in [4.78, 5) is 17.0. The van der Waals surface area contributed by atoms with Crippen LogP contribution in [0, 0.1) is 6.92 Å². The molecule has 4 nitrogen and oxygen atoms in total. The van der Waals surface area contributed by atoms with Crippen molar-refractivity contribution in [3.8, 4) is 0 Å². The third-order valence-corrected chi connectivity index (χ3v) is 2.22. The van der Waals surface area contributed by atoms with E-state index in [1.54, 1.807) is 6.07 Å². The highest BCUT2D eigenvalue weighted by atomic mass is 16.1. The molecular formula is C11H9N3O. The fraction of sp³-hybridized carbons (Fsp3) is 0.0909. The monoisotopic (exact) mass is 199 g/mol. The van der Waals surface area contributed by atoms with Gasteiger partial charge in [0.15, 0.2) is 0 Å². The van der Waals surface area contributed by atoms with Crippen LogP contribution >= 0.6 is 0 Å². The summed E-state index contributed by atoms with van der Waals surface area (Å²) in [6, 6.07) is 7.61. The van der Waals surface area contributed by atoms with E-state index in [1.165, 1.54) is 0 Å². The van der Waals surface area contributed by atoms with Crippen LogP contribution in [0.5, 0.6) is 0 Å². The lowest BCUT2D eigenvalue weighted by molar-refractivity contribution is 0.00231. The van der Waals surface area contributed by atoms with Gasteiger partial charge in [-0.15, -0.1) is 0 Å². The van der Waals surface area contributed by atoms with Crippen LogP contribution in [0.2, 0.25) is 0 Å². The molecule has 0 aliphatic heterocycles. The first kappa shape index (κ1) is 9.37. The van der Waals surface area contributed by atoms with Crippen LogP contribution in [-0.4, -0.2) is 21.8 Å². The predicted molar refractivity (Wildman–Crippen MR) is 57.0 cm³/mol. The van der Waals surface area contributed by atoms with Gasteiger partial charge in [0, 0.05) is 10.9 Å². The molecule has 15 heavy (non-hydrogen) atoms. The Balaban J connectivity index is 2.56. The second-order valence-electron chi connectivity index (χ2n) is 3.38. The molecule has 0 fully saturated rings. The molecule has 4 heteroatoms. The smallest absolute Gasteiger partial charge is 0.329 e. The van der Waals surface area contributed by atoms with Crippen molar-refractivity contribution in [3.05, 3.63) is 41.1 Å². The van der Waals surface area contributed by atoms with Gasteiger partial charge in [-0.25, -0.2) is 0 Å². The summed E-state index contributed by atoms with van der Waals surface area (Å²) in [6.45, 7) is 1.99. The number of nitrogens with one attached hydrogen (secondary N) is 1. The summed E-state index contributed by atoms with van der Waals surface area (Å²) in [5, 5.41) is 0.977. The van der Waals surface area contributed by atoms with E-state index in [1.807, 2.05) is 25.1 Å². The van der Waals surface area contributed by atoms with Crippen LogP contribution in [0.1, 0.15) is 16.1 Å². The van der Waals surface area contributed by atoms with Gasteiger partial charge in [-0.05, 0) is 25.1 Å². The van der Waals surface area contributed by atoms with Gasteiger partial charge in [-0.2, -0.15) is 4.79 Å². The van der Waals surface area contributed by atoms with E-state index >= 15 is 0 Å². The fourth-order valence-corrected chi connectivity index (χ4v) is 1.51. The molecule has 0 aliphatic carbocycles. The van der Waals surface area contributed by atoms with Crippen LogP contribution < -0.4 is 0 Å². The first-order valence-corrected chi connectivity index (χ1v) is 4.52. The van der Waals surface area contributed by atoms with E-state index in [-0.39, 0.29) is 5.78 Å². The zero-order valence-electron chi connectivity index (χ0n) is 8.19. The Bertz CT molecular complexity index is 577. The highest BCUT2D eigenvalue weighted by molar-refractivity contribution is 6.33. The Morgan fingerprint density at radius 3 is 3.00 bits per heavy atom. The molecule has 1 N–H and O–H groups in total. The molecule has 1 aromatic carbocycles. The number of fused-ring (bicyclic) bond motifs is 1. The number of H-pyrrole nitrogens is 1. The number of aromatic nitrogens is 1. The fourth-order valence-electron chi connectivity index (χ4n) is 1.51. The molecule has 2 rings (SSSR count). The third kappa shape index (κ3) is 1.71. The SMILES string of the molecule is Cc1ccc2[nH]c(C(=O)C=[N+]=[N-])cc2c1. The third-order valence-electron chi connectivity index (χ3n) is 2.22. The molecule has 0 saturated carbocycles. The molecule has 0 bridgehead atoms. The quantitative estimate of drug-likeness (QED) is 0.341. The Labute approximate surface area is 86.2 Å². The molecule has 1 heterocycles. The van der Waals surface area contributed by atoms with Gasteiger partial charge in [-0.1, -0.05) is 11.6 Å². The predicted octanol–water partition coefficient (Wildman–Crippen LogP) is 1.96. The van der Waals surface area contributed by atoms with Crippen molar-refractivity contribution in [2.24, 2.45) is 0 Å². The number of hydrogen-bond acceptors (Lipinski definition) is 1. The minimum Gasteiger partial charge on any atom is -0.361 e. The van der Waals surface area contributed by atoms with Crippen LogP contribution in [-0.2, 0) is 0 Å². The van der Waals surface area contributed by atoms with Crippen LogP contribution in [0.25, 0.3) is 16.4 Å². The van der Waals surface area contributed by atoms with Gasteiger partial charge in [-0.3, -0.25) is 4.79 Å². The lowest BCUT2D eigenvalue weighted by atomic mass is 10.2. The number of Topliss-reactive ketones (excluding diaryl/α,β-unsaturated/α-hetero) is 1. The summed E-state index contributed by atoms with van der Waals surface area (Å²) < 4.78 is 0. The maximum atomic E-state index is 11.4. The highest BCUT2D eigenvalue weighted by Gasteiger charge is 2.10. The van der Waals surface area contributed by atoms with Crippen molar-refractivity contribution < 1.29 is 9.58 Å². The maximum absolute atomic E-state index is 11.4. The number of rotatable bonds is 2. The number of aryl methyl sites for hydroxylation is 1. The van der Waals surface area contributed by atoms with E-state index in [0.29, 0.717) is 5.69 Å². The van der Waals surface area contributed by atoms with Crippen molar-refractivity contribution in [1.29, 1.82) is 0 Å². The standard InChI is InChI=1S/C11H9N3O/c1-7-2-3-9-8(4-7)5-10(14-9)11(15)6-13-12/h2-6,14H,1H3. The molecule has 0 atom stereocenters. The summed E-state index contributed by atoms with van der Waals surface area (Å²) in [5.74, 6) is -0.341. The van der Waals surface area contributed by atoms with Crippen molar-refractivity contribution in [3.63, 3.8) is 0 Å². The van der Waals surface area contributed by atoms with Gasteiger partial charge >= 0.3 is 6.21 Å². The molecule has 74 valence electrons. The minimum absolute atomic E-state index is 0.341. The molecule has 1 aromatic heterocycles. The molecule has 0 aliphatic rings. The first-order valence-electron chi connectivity index (χ1n) is 4.52. The van der Waals surface area contributed by atoms with Crippen LogP contribution in [0.15, 0.2) is 24.3 Å². The van der Waals surface area contributed by atoms with Crippen molar-refractivity contribution in [2.45, 2.75) is 6.92 Å². The highest BCUT2D eigenvalue weighted by Crippen LogP contribution is 2.16. The van der Waals surface area contributed by atoms with Crippen LogP contribution in [0.4, 0.5) is 0 Å². The first-order chi connectivity index (χ1) is 7.20. The maximum Gasteiger partial charge on any atom is 0.329 e. The van der Waals surface area contributed by atoms with Gasteiger partial charge in [0.05, 0.1) is 5.69 Å². The van der Waals surface area contributed by atoms with E-state index in [9.17, 15) is 4.79 Å². The molecular weight excluding hydrogens is 190 g/mol. The van der Waals surface area contributed by atoms with E-state index in [4.69, 9.17) is 5.53 Å². The molecule has 0 unspecified atom stereocenters. The zero-order chi connectivity index (χ0) is 10.8. The zero-order valence-corrected chi connectivity index (χ0v) is 8.19.